The van der Waals surface area contributed by atoms with Crippen molar-refractivity contribution in [2.75, 3.05) is 7.11 Å². The SMILES string of the molecule is COC(=O)[C@@H](N)Cc1ccc(F)cc1[N+](=O)[O-]. The van der Waals surface area contributed by atoms with Gasteiger partial charge in [0.2, 0.25) is 0 Å². The third-order valence-corrected chi connectivity index (χ3v) is 2.19. The largest absolute Gasteiger partial charge is 0.468 e. The Morgan fingerprint density at radius 3 is 2.82 bits per heavy atom. The summed E-state index contributed by atoms with van der Waals surface area (Å²) in [5, 5.41) is 10.7. The molecule has 0 heterocycles. The highest BCUT2D eigenvalue weighted by molar-refractivity contribution is 5.76. The number of nitro groups is 1. The van der Waals surface area contributed by atoms with E-state index in [2.05, 4.69) is 4.74 Å². The Morgan fingerprint density at radius 1 is 1.65 bits per heavy atom. The number of nitrogens with zero attached hydrogens (tertiary/aromatic N) is 1. The maximum absolute atomic E-state index is 12.8. The molecule has 0 saturated carbocycles. The van der Waals surface area contributed by atoms with E-state index in [-0.39, 0.29) is 12.0 Å². The van der Waals surface area contributed by atoms with E-state index in [1.165, 1.54) is 13.2 Å². The van der Waals surface area contributed by atoms with Gasteiger partial charge in [0.1, 0.15) is 11.9 Å². The van der Waals surface area contributed by atoms with Gasteiger partial charge in [-0.15, -0.1) is 0 Å². The number of carbonyl (C=O) groups is 1. The molecule has 2 N–H and O–H groups in total. The highest BCUT2D eigenvalue weighted by atomic mass is 19.1. The number of halogens is 1. The predicted octanol–water partition coefficient (Wildman–Crippen LogP) is 0.777. The van der Waals surface area contributed by atoms with Crippen molar-refractivity contribution in [3.8, 4) is 0 Å². The average Bonchev–Trinajstić information content (AvgIpc) is 2.29. The average molecular weight is 242 g/mol. The number of ether oxygens (including phenoxy) is 1. The lowest BCUT2D eigenvalue weighted by molar-refractivity contribution is -0.385. The molecule has 1 aromatic rings. The van der Waals surface area contributed by atoms with Crippen LogP contribution in [0.3, 0.4) is 0 Å². The van der Waals surface area contributed by atoms with Crippen LogP contribution in [0.1, 0.15) is 5.56 Å². The van der Waals surface area contributed by atoms with Crippen molar-refractivity contribution in [3.05, 3.63) is 39.7 Å². The van der Waals surface area contributed by atoms with Gasteiger partial charge in [-0.25, -0.2) is 4.39 Å². The molecule has 6 nitrogen and oxygen atoms in total. The molecule has 0 saturated heterocycles. The van der Waals surface area contributed by atoms with Crippen molar-refractivity contribution < 1.29 is 18.8 Å². The van der Waals surface area contributed by atoms with Gasteiger partial charge >= 0.3 is 5.97 Å². The number of nitro benzene ring substituents is 1. The maximum Gasteiger partial charge on any atom is 0.322 e. The van der Waals surface area contributed by atoms with Gasteiger partial charge in [0.25, 0.3) is 5.69 Å². The van der Waals surface area contributed by atoms with Crippen LogP contribution in [0.25, 0.3) is 0 Å². The smallest absolute Gasteiger partial charge is 0.322 e. The van der Waals surface area contributed by atoms with Crippen LogP contribution in [0.15, 0.2) is 18.2 Å². The lowest BCUT2D eigenvalue weighted by atomic mass is 10.0. The van der Waals surface area contributed by atoms with E-state index in [0.29, 0.717) is 0 Å². The van der Waals surface area contributed by atoms with Crippen LogP contribution in [0.4, 0.5) is 10.1 Å². The zero-order valence-corrected chi connectivity index (χ0v) is 9.05. The number of esters is 1. The van der Waals surface area contributed by atoms with Gasteiger partial charge in [0, 0.05) is 12.0 Å². The predicted molar refractivity (Wildman–Crippen MR) is 56.7 cm³/mol. The van der Waals surface area contributed by atoms with Gasteiger partial charge in [-0.05, 0) is 12.1 Å². The first-order chi connectivity index (χ1) is 7.95. The van der Waals surface area contributed by atoms with E-state index in [4.69, 9.17) is 5.73 Å². The van der Waals surface area contributed by atoms with E-state index >= 15 is 0 Å². The number of nitrogens with two attached hydrogens (primary N) is 1. The van der Waals surface area contributed by atoms with Gasteiger partial charge in [-0.3, -0.25) is 14.9 Å². The molecule has 0 aliphatic rings. The summed E-state index contributed by atoms with van der Waals surface area (Å²) in [5.41, 5.74) is 5.27. The second-order valence-corrected chi connectivity index (χ2v) is 3.36. The Hall–Kier alpha value is -2.02. The molecule has 0 fully saturated rings. The monoisotopic (exact) mass is 242 g/mol. The Kier molecular flexibility index (Phi) is 4.11. The Labute approximate surface area is 96.3 Å². The van der Waals surface area contributed by atoms with Crippen molar-refractivity contribution in [1.29, 1.82) is 0 Å². The molecule has 1 atom stereocenters. The zero-order chi connectivity index (χ0) is 13.0. The van der Waals surface area contributed by atoms with Crippen LogP contribution in [-0.2, 0) is 16.0 Å². The van der Waals surface area contributed by atoms with Gasteiger partial charge in [-0.1, -0.05) is 0 Å². The highest BCUT2D eigenvalue weighted by Gasteiger charge is 2.21. The van der Waals surface area contributed by atoms with Crippen molar-refractivity contribution in [1.82, 2.24) is 0 Å². The van der Waals surface area contributed by atoms with Crippen LogP contribution in [0.5, 0.6) is 0 Å². The number of benzene rings is 1. The van der Waals surface area contributed by atoms with Crippen molar-refractivity contribution in [2.24, 2.45) is 5.73 Å². The molecule has 0 aromatic heterocycles. The molecule has 1 rings (SSSR count). The van der Waals surface area contributed by atoms with Gasteiger partial charge < -0.3 is 10.5 Å². The fourth-order valence-electron chi connectivity index (χ4n) is 1.35. The van der Waals surface area contributed by atoms with E-state index in [9.17, 15) is 19.3 Å². The minimum Gasteiger partial charge on any atom is -0.468 e. The van der Waals surface area contributed by atoms with Crippen molar-refractivity contribution >= 4 is 11.7 Å². The number of methoxy groups -OCH3 is 1. The Morgan fingerprint density at radius 2 is 2.29 bits per heavy atom. The van der Waals surface area contributed by atoms with Crippen LogP contribution in [0.2, 0.25) is 0 Å². The fraction of sp³-hybridized carbons (Fsp3) is 0.300. The first-order valence-corrected chi connectivity index (χ1v) is 4.72. The molecule has 1 aromatic carbocycles. The van der Waals surface area contributed by atoms with Gasteiger partial charge in [-0.2, -0.15) is 0 Å². The first kappa shape index (κ1) is 13.0. The number of carbonyl (C=O) groups excluding carboxylic acids is 1. The Bertz CT molecular complexity index is 450. The van der Waals surface area contributed by atoms with Crippen LogP contribution >= 0.6 is 0 Å². The fourth-order valence-corrected chi connectivity index (χ4v) is 1.35. The van der Waals surface area contributed by atoms with Crippen molar-refractivity contribution in [2.45, 2.75) is 12.5 Å². The minimum atomic E-state index is -1.01. The van der Waals surface area contributed by atoms with Crippen LogP contribution < -0.4 is 5.73 Å². The molecule has 0 aliphatic carbocycles. The highest BCUT2D eigenvalue weighted by Crippen LogP contribution is 2.21. The summed E-state index contributed by atoms with van der Waals surface area (Å²) in [6.07, 6.45) is -0.0801. The van der Waals surface area contributed by atoms with E-state index in [0.717, 1.165) is 12.1 Å². The molecule has 0 unspecified atom stereocenters. The lowest BCUT2D eigenvalue weighted by Gasteiger charge is -2.09. The van der Waals surface area contributed by atoms with E-state index < -0.39 is 28.4 Å². The molecular formula is C10H11FN2O4. The Balaban J connectivity index is 2.98. The third-order valence-electron chi connectivity index (χ3n) is 2.19. The van der Waals surface area contributed by atoms with Gasteiger partial charge in [0.15, 0.2) is 0 Å². The molecule has 92 valence electrons. The molecule has 7 heteroatoms. The summed E-state index contributed by atoms with van der Waals surface area (Å²) in [4.78, 5) is 21.0. The van der Waals surface area contributed by atoms with Gasteiger partial charge in [0.05, 0.1) is 18.1 Å². The molecule has 0 aliphatic heterocycles. The molecule has 0 amide bonds. The molecule has 0 bridgehead atoms. The molecular weight excluding hydrogens is 231 g/mol. The van der Waals surface area contributed by atoms with E-state index in [1.54, 1.807) is 0 Å². The molecule has 0 radical (unpaired) electrons. The minimum absolute atomic E-state index is 0.0801. The summed E-state index contributed by atoms with van der Waals surface area (Å²) < 4.78 is 17.2. The zero-order valence-electron chi connectivity index (χ0n) is 9.05. The summed E-state index contributed by atoms with van der Waals surface area (Å²) in [7, 11) is 1.17. The molecule has 17 heavy (non-hydrogen) atoms. The van der Waals surface area contributed by atoms with Crippen LogP contribution in [0, 0.1) is 15.9 Å². The quantitative estimate of drug-likeness (QED) is 0.478. The normalized spacial score (nSPS) is 11.9. The number of rotatable bonds is 4. The summed E-state index contributed by atoms with van der Waals surface area (Å²) >= 11 is 0. The van der Waals surface area contributed by atoms with E-state index in [1.807, 2.05) is 0 Å². The van der Waals surface area contributed by atoms with Crippen LogP contribution in [-0.4, -0.2) is 24.0 Å². The second-order valence-electron chi connectivity index (χ2n) is 3.36. The topological polar surface area (TPSA) is 95.5 Å². The first-order valence-electron chi connectivity index (χ1n) is 4.72. The number of hydrogen-bond acceptors (Lipinski definition) is 5. The second kappa shape index (κ2) is 5.35. The summed E-state index contributed by atoms with van der Waals surface area (Å²) in [6.45, 7) is 0. The standard InChI is InChI=1S/C10H11FN2O4/c1-17-10(14)8(12)4-6-2-3-7(11)5-9(6)13(15)16/h2-3,5,8H,4,12H2,1H3/t8-/m0/s1. The third kappa shape index (κ3) is 3.22. The number of hydrogen-bond donors (Lipinski definition) is 1. The summed E-state index contributed by atoms with van der Waals surface area (Å²) in [5.74, 6) is -1.39. The molecule has 0 spiro atoms. The van der Waals surface area contributed by atoms with Crippen molar-refractivity contribution in [3.63, 3.8) is 0 Å². The maximum atomic E-state index is 12.8. The summed E-state index contributed by atoms with van der Waals surface area (Å²) in [6, 6.07) is 2.09. The lowest BCUT2D eigenvalue weighted by Crippen LogP contribution is -2.33.